The second kappa shape index (κ2) is 28.8. The van der Waals surface area contributed by atoms with Crippen LogP contribution in [0.15, 0.2) is 47.5 Å². The zero-order chi connectivity index (χ0) is 34.4. The fraction of sp³-hybridized carbons (Fsp3) is 0.649. The van der Waals surface area contributed by atoms with Gasteiger partial charge in [0.05, 0.1) is 18.6 Å². The molecular weight excluding hydrogens is 592 g/mol. The molecule has 0 saturated carbocycles. The van der Waals surface area contributed by atoms with E-state index < -0.39 is 12.1 Å². The van der Waals surface area contributed by atoms with Crippen molar-refractivity contribution in [2.45, 2.75) is 134 Å². The minimum atomic E-state index is -0.794. The summed E-state index contributed by atoms with van der Waals surface area (Å²) < 4.78 is 0. The molecule has 0 bridgehead atoms. The Morgan fingerprint density at radius 2 is 1.45 bits per heavy atom. The molecule has 0 saturated heterocycles. The van der Waals surface area contributed by atoms with Crippen molar-refractivity contribution in [2.24, 2.45) is 16.5 Å². The zero-order valence-electron chi connectivity index (χ0n) is 28.8. The fourth-order valence-electron chi connectivity index (χ4n) is 5.08. The van der Waals surface area contributed by atoms with Crippen LogP contribution in [-0.4, -0.2) is 68.0 Å². The number of benzene rings is 1. The molecule has 7 N–H and O–H groups in total. The lowest BCUT2D eigenvalue weighted by atomic mass is 10.1. The van der Waals surface area contributed by atoms with Gasteiger partial charge in [-0.3, -0.25) is 19.4 Å². The zero-order valence-corrected chi connectivity index (χ0v) is 28.8. The van der Waals surface area contributed by atoms with Gasteiger partial charge in [0, 0.05) is 32.1 Å². The number of nitrogens with zero attached hydrogens (tertiary/aromatic N) is 1. The molecule has 1 aromatic rings. The topological polar surface area (TPSA) is 169 Å². The second-order valence-corrected chi connectivity index (χ2v) is 12.2. The molecule has 0 fully saturated rings. The van der Waals surface area contributed by atoms with E-state index in [-0.39, 0.29) is 49.7 Å². The van der Waals surface area contributed by atoms with Crippen molar-refractivity contribution >= 4 is 30.2 Å². The number of carbonyl (C=O) groups is 4. The molecule has 0 aliphatic carbocycles. The van der Waals surface area contributed by atoms with Crippen LogP contribution in [0.25, 0.3) is 0 Å². The molecule has 0 aromatic heterocycles. The Morgan fingerprint density at radius 3 is 2.09 bits per heavy atom. The van der Waals surface area contributed by atoms with Gasteiger partial charge in [-0.25, -0.2) is 0 Å². The van der Waals surface area contributed by atoms with Crippen LogP contribution in [0.3, 0.4) is 0 Å². The Balaban J connectivity index is 2.26. The quantitative estimate of drug-likeness (QED) is 0.0363. The van der Waals surface area contributed by atoms with Gasteiger partial charge in [0.25, 0.3) is 0 Å². The van der Waals surface area contributed by atoms with Gasteiger partial charge < -0.3 is 32.2 Å². The first-order chi connectivity index (χ1) is 22.9. The predicted octanol–water partition coefficient (Wildman–Crippen LogP) is 4.69. The molecule has 0 spiro atoms. The third-order valence-corrected chi connectivity index (χ3v) is 7.90. The Hall–Kier alpha value is -3.37. The van der Waals surface area contributed by atoms with Crippen molar-refractivity contribution in [3.8, 4) is 0 Å². The number of hydrogen-bond acceptors (Lipinski definition) is 7. The monoisotopic (exact) mass is 654 g/mol. The highest BCUT2D eigenvalue weighted by Gasteiger charge is 2.18. The van der Waals surface area contributed by atoms with Gasteiger partial charge in [0.1, 0.15) is 12.3 Å². The van der Waals surface area contributed by atoms with Crippen molar-refractivity contribution in [3.63, 3.8) is 0 Å². The van der Waals surface area contributed by atoms with E-state index in [2.05, 4.69) is 40.0 Å². The minimum Gasteiger partial charge on any atom is -0.352 e. The van der Waals surface area contributed by atoms with E-state index in [4.69, 9.17) is 11.5 Å². The van der Waals surface area contributed by atoms with E-state index in [1.54, 1.807) is 6.21 Å². The summed E-state index contributed by atoms with van der Waals surface area (Å²) in [6.45, 7) is 2.81. The van der Waals surface area contributed by atoms with E-state index >= 15 is 0 Å². The molecule has 3 amide bonds. The molecule has 0 aliphatic rings. The molecule has 264 valence electrons. The van der Waals surface area contributed by atoms with Gasteiger partial charge in [0.15, 0.2) is 0 Å². The Kier molecular flexibility index (Phi) is 25.5. The number of hydrogen-bond donors (Lipinski definition) is 5. The number of unbranched alkanes of at least 4 members (excludes halogenated alkanes) is 11. The van der Waals surface area contributed by atoms with E-state index in [0.717, 1.165) is 37.7 Å². The minimum absolute atomic E-state index is 0.00611. The van der Waals surface area contributed by atoms with Crippen LogP contribution in [0, 0.1) is 0 Å². The van der Waals surface area contributed by atoms with Crippen LogP contribution in [-0.2, 0) is 25.6 Å². The van der Waals surface area contributed by atoms with Crippen LogP contribution >= 0.6 is 0 Å². The number of allylic oxidation sites excluding steroid dienone is 2. The number of carbonyl (C=O) groups excluding carboxylic acids is 4. The normalized spacial score (nSPS) is 13.3. The lowest BCUT2D eigenvalue weighted by Crippen LogP contribution is -2.51. The molecule has 0 radical (unpaired) electrons. The van der Waals surface area contributed by atoms with Gasteiger partial charge in [-0.2, -0.15) is 0 Å². The number of nitrogens with two attached hydrogens (primary N) is 2. The molecule has 1 rings (SSSR count). The molecule has 10 nitrogen and oxygen atoms in total. The Labute approximate surface area is 283 Å². The number of aldehydes is 1. The number of rotatable bonds is 29. The molecule has 0 heterocycles. The highest BCUT2D eigenvalue weighted by molar-refractivity contribution is 5.87. The molecule has 0 aliphatic heterocycles. The summed E-state index contributed by atoms with van der Waals surface area (Å²) in [5.74, 6) is -0.729. The molecular formula is C37H62N6O4. The van der Waals surface area contributed by atoms with Crippen molar-refractivity contribution in [1.82, 2.24) is 16.0 Å². The highest BCUT2D eigenvalue weighted by Crippen LogP contribution is 2.10. The third kappa shape index (κ3) is 23.6. The maximum atomic E-state index is 12.6. The average molecular weight is 655 g/mol. The van der Waals surface area contributed by atoms with Crippen LogP contribution < -0.4 is 27.4 Å². The Morgan fingerprint density at radius 1 is 0.830 bits per heavy atom. The molecule has 3 unspecified atom stereocenters. The van der Waals surface area contributed by atoms with Crippen LogP contribution in [0.4, 0.5) is 0 Å². The van der Waals surface area contributed by atoms with Crippen molar-refractivity contribution in [2.75, 3.05) is 19.6 Å². The summed E-state index contributed by atoms with van der Waals surface area (Å²) in [5.41, 5.74) is 12.4. The smallest absolute Gasteiger partial charge is 0.243 e. The summed E-state index contributed by atoms with van der Waals surface area (Å²) in [5, 5.41) is 8.45. The first-order valence-electron chi connectivity index (χ1n) is 17.9. The van der Waals surface area contributed by atoms with Crippen LogP contribution in [0.1, 0.15) is 115 Å². The van der Waals surface area contributed by atoms with Gasteiger partial charge in [-0.15, -0.1) is 0 Å². The van der Waals surface area contributed by atoms with Gasteiger partial charge >= 0.3 is 0 Å². The maximum absolute atomic E-state index is 12.6. The Bertz CT molecular complexity index is 1030. The first kappa shape index (κ1) is 41.7. The average Bonchev–Trinajstić information content (AvgIpc) is 3.07. The standard InChI is InChI=1S/C37H62N6O4/c1-2-3-4-5-6-7-8-9-10-11-12-13-14-15-19-22-35(45)43-34(28-38)37(47)41-26-25-40-29-33(27-31-20-17-16-18-21-31)42-36(46)24-23-32(39)30-44/h9-10,16-18,20-21,29-30,32-34H,2-8,11-15,19,22-28,38-39H2,1H3,(H,41,47)(H,42,46)(H,43,45)/b10-9-,40-29-. The summed E-state index contributed by atoms with van der Waals surface area (Å²) in [6.07, 6.45) is 23.8. The second-order valence-electron chi connectivity index (χ2n) is 12.2. The van der Waals surface area contributed by atoms with Gasteiger partial charge in [-0.05, 0) is 50.5 Å². The molecule has 1 aromatic carbocycles. The lowest BCUT2D eigenvalue weighted by Gasteiger charge is -2.17. The van der Waals surface area contributed by atoms with E-state index in [1.807, 2.05) is 30.3 Å². The summed E-state index contributed by atoms with van der Waals surface area (Å²) in [6, 6.07) is 7.89. The first-order valence-corrected chi connectivity index (χ1v) is 17.9. The summed E-state index contributed by atoms with van der Waals surface area (Å²) >= 11 is 0. The van der Waals surface area contributed by atoms with Crippen molar-refractivity contribution in [1.29, 1.82) is 0 Å². The van der Waals surface area contributed by atoms with Crippen molar-refractivity contribution < 1.29 is 19.2 Å². The van der Waals surface area contributed by atoms with Crippen molar-refractivity contribution in [3.05, 3.63) is 48.0 Å². The summed E-state index contributed by atoms with van der Waals surface area (Å²) in [7, 11) is 0. The predicted molar refractivity (Wildman–Crippen MR) is 192 cm³/mol. The number of amides is 3. The molecule has 47 heavy (non-hydrogen) atoms. The molecule has 3 atom stereocenters. The summed E-state index contributed by atoms with van der Waals surface area (Å²) in [4.78, 5) is 52.5. The van der Waals surface area contributed by atoms with Crippen LogP contribution in [0.2, 0.25) is 0 Å². The van der Waals surface area contributed by atoms with Gasteiger partial charge in [0.2, 0.25) is 17.7 Å². The third-order valence-electron chi connectivity index (χ3n) is 7.90. The molecule has 10 heteroatoms. The van der Waals surface area contributed by atoms with E-state index in [1.165, 1.54) is 51.4 Å². The van der Waals surface area contributed by atoms with E-state index in [0.29, 0.717) is 25.7 Å². The largest absolute Gasteiger partial charge is 0.352 e. The highest BCUT2D eigenvalue weighted by atomic mass is 16.2. The van der Waals surface area contributed by atoms with Crippen LogP contribution in [0.5, 0.6) is 0 Å². The maximum Gasteiger partial charge on any atom is 0.243 e. The number of aliphatic imine (C=N–C) groups is 1. The van der Waals surface area contributed by atoms with E-state index in [9.17, 15) is 19.2 Å². The SMILES string of the molecule is CCCCCCCC/C=C\CCCCCCCC(=O)NC(CN)C(=O)NCC/N=C\C(Cc1ccccc1)NC(=O)CCC(N)C=O. The number of nitrogens with one attached hydrogen (secondary N) is 3. The fourth-order valence-corrected chi connectivity index (χ4v) is 5.08. The van der Waals surface area contributed by atoms with Gasteiger partial charge in [-0.1, -0.05) is 101 Å². The lowest BCUT2D eigenvalue weighted by molar-refractivity contribution is -0.128.